The lowest BCUT2D eigenvalue weighted by Crippen LogP contribution is -2.18. The molecule has 0 bridgehead atoms. The van der Waals surface area contributed by atoms with E-state index in [1.165, 1.54) is 10.5 Å². The molecular formula is C15H21N3OS. The van der Waals surface area contributed by atoms with Crippen LogP contribution in [0.15, 0.2) is 35.5 Å². The summed E-state index contributed by atoms with van der Waals surface area (Å²) in [6.45, 7) is 6.20. The Morgan fingerprint density at radius 3 is 2.85 bits per heavy atom. The van der Waals surface area contributed by atoms with E-state index in [4.69, 9.17) is 0 Å². The summed E-state index contributed by atoms with van der Waals surface area (Å²) in [4.78, 5) is 5.42. The molecule has 5 heteroatoms. The van der Waals surface area contributed by atoms with Crippen LogP contribution in [0.4, 0.5) is 0 Å². The molecule has 1 unspecified atom stereocenters. The highest BCUT2D eigenvalue weighted by molar-refractivity contribution is 7.99. The lowest BCUT2D eigenvalue weighted by Gasteiger charge is -2.13. The van der Waals surface area contributed by atoms with Gasteiger partial charge in [-0.25, -0.2) is 9.67 Å². The number of aliphatic hydroxyl groups excluding tert-OH is 1. The van der Waals surface area contributed by atoms with Crippen molar-refractivity contribution in [3.63, 3.8) is 0 Å². The fraction of sp³-hybridized carbons (Fsp3) is 0.467. The van der Waals surface area contributed by atoms with Gasteiger partial charge in [0.15, 0.2) is 0 Å². The molecule has 0 aliphatic rings. The summed E-state index contributed by atoms with van der Waals surface area (Å²) in [6, 6.07) is 8.59. The maximum absolute atomic E-state index is 10.2. The zero-order chi connectivity index (χ0) is 14.5. The first-order chi connectivity index (χ1) is 9.56. The number of nitrogens with zero attached hydrogens (tertiary/aromatic N) is 3. The van der Waals surface area contributed by atoms with E-state index < -0.39 is 6.10 Å². The standard InChI is InChI=1S/C15H21N3OS/c1-11(2)18-15(16-10-17-18)8-13(19)9-20-14-6-4-5-12(3)7-14/h4-7,10-11,13,19H,8-9H2,1-3H3. The van der Waals surface area contributed by atoms with Gasteiger partial charge < -0.3 is 5.11 Å². The molecule has 0 aliphatic carbocycles. The van der Waals surface area contributed by atoms with Gasteiger partial charge in [0.25, 0.3) is 0 Å². The maximum atomic E-state index is 10.2. The number of hydrogen-bond acceptors (Lipinski definition) is 4. The second-order valence-corrected chi connectivity index (χ2v) is 6.29. The fourth-order valence-corrected chi connectivity index (χ4v) is 2.97. The molecule has 1 N–H and O–H groups in total. The van der Waals surface area contributed by atoms with Crippen LogP contribution in [0.1, 0.15) is 31.3 Å². The minimum absolute atomic E-state index is 0.268. The number of hydrogen-bond donors (Lipinski definition) is 1. The van der Waals surface area contributed by atoms with E-state index >= 15 is 0 Å². The van der Waals surface area contributed by atoms with Gasteiger partial charge in [0.1, 0.15) is 12.2 Å². The van der Waals surface area contributed by atoms with Crippen LogP contribution in [0.5, 0.6) is 0 Å². The van der Waals surface area contributed by atoms with Crippen molar-refractivity contribution in [1.82, 2.24) is 14.8 Å². The Kier molecular flexibility index (Phi) is 5.20. The van der Waals surface area contributed by atoms with Crippen LogP contribution in [-0.4, -0.2) is 31.7 Å². The number of thioether (sulfide) groups is 1. The number of aromatic nitrogens is 3. The highest BCUT2D eigenvalue weighted by atomic mass is 32.2. The quantitative estimate of drug-likeness (QED) is 0.832. The molecule has 2 rings (SSSR count). The molecule has 1 heterocycles. The number of aliphatic hydroxyl groups is 1. The predicted molar refractivity (Wildman–Crippen MR) is 82.0 cm³/mol. The van der Waals surface area contributed by atoms with E-state index in [-0.39, 0.29) is 6.04 Å². The molecule has 4 nitrogen and oxygen atoms in total. The molecule has 0 saturated heterocycles. The number of rotatable bonds is 6. The molecule has 1 atom stereocenters. The summed E-state index contributed by atoms with van der Waals surface area (Å²) in [5.41, 5.74) is 1.24. The predicted octanol–water partition coefficient (Wildman–Crippen LogP) is 2.86. The van der Waals surface area contributed by atoms with E-state index in [1.807, 2.05) is 10.7 Å². The summed E-state index contributed by atoms with van der Waals surface area (Å²) >= 11 is 1.67. The minimum atomic E-state index is -0.415. The zero-order valence-corrected chi connectivity index (χ0v) is 13.0. The maximum Gasteiger partial charge on any atom is 0.138 e. The van der Waals surface area contributed by atoms with Crippen molar-refractivity contribution in [1.29, 1.82) is 0 Å². The highest BCUT2D eigenvalue weighted by Crippen LogP contribution is 2.20. The van der Waals surface area contributed by atoms with Crippen molar-refractivity contribution in [2.75, 3.05) is 5.75 Å². The Labute approximate surface area is 124 Å². The van der Waals surface area contributed by atoms with Gasteiger partial charge in [-0.3, -0.25) is 0 Å². The van der Waals surface area contributed by atoms with Crippen molar-refractivity contribution in [3.05, 3.63) is 42.0 Å². The van der Waals surface area contributed by atoms with Gasteiger partial charge in [0.05, 0.1) is 6.10 Å². The molecule has 0 aliphatic heterocycles. The van der Waals surface area contributed by atoms with Crippen LogP contribution in [-0.2, 0) is 6.42 Å². The molecule has 0 amide bonds. The zero-order valence-electron chi connectivity index (χ0n) is 12.2. The third-order valence-electron chi connectivity index (χ3n) is 2.99. The molecule has 0 fully saturated rings. The minimum Gasteiger partial charge on any atom is -0.392 e. The summed E-state index contributed by atoms with van der Waals surface area (Å²) in [5.74, 6) is 1.51. The average molecular weight is 291 g/mol. The van der Waals surface area contributed by atoms with Crippen LogP contribution in [0.3, 0.4) is 0 Å². The van der Waals surface area contributed by atoms with Crippen molar-refractivity contribution in [3.8, 4) is 0 Å². The molecule has 0 spiro atoms. The number of aryl methyl sites for hydroxylation is 1. The Bertz CT molecular complexity index is 554. The SMILES string of the molecule is Cc1cccc(SCC(O)Cc2ncnn2C(C)C)c1. The van der Waals surface area contributed by atoms with Crippen LogP contribution in [0.25, 0.3) is 0 Å². The topological polar surface area (TPSA) is 50.9 Å². The monoisotopic (exact) mass is 291 g/mol. The van der Waals surface area contributed by atoms with E-state index in [9.17, 15) is 5.11 Å². The molecule has 0 saturated carbocycles. The first-order valence-corrected chi connectivity index (χ1v) is 7.80. The van der Waals surface area contributed by atoms with Gasteiger partial charge in [-0.2, -0.15) is 5.10 Å². The first kappa shape index (κ1) is 15.1. The lowest BCUT2D eigenvalue weighted by atomic mass is 10.2. The number of benzene rings is 1. The van der Waals surface area contributed by atoms with Crippen molar-refractivity contribution < 1.29 is 5.11 Å². The van der Waals surface area contributed by atoms with Crippen LogP contribution in [0, 0.1) is 6.92 Å². The van der Waals surface area contributed by atoms with Crippen LogP contribution < -0.4 is 0 Å². The van der Waals surface area contributed by atoms with E-state index in [0.717, 1.165) is 5.82 Å². The Morgan fingerprint density at radius 2 is 2.15 bits per heavy atom. The molecule has 20 heavy (non-hydrogen) atoms. The Morgan fingerprint density at radius 1 is 1.35 bits per heavy atom. The average Bonchev–Trinajstić information content (AvgIpc) is 2.85. The molecule has 1 aromatic carbocycles. The van der Waals surface area contributed by atoms with Gasteiger partial charge in [0, 0.05) is 23.1 Å². The van der Waals surface area contributed by atoms with E-state index in [1.54, 1.807) is 18.1 Å². The van der Waals surface area contributed by atoms with Gasteiger partial charge in [-0.15, -0.1) is 11.8 Å². The fourth-order valence-electron chi connectivity index (χ4n) is 2.02. The summed E-state index contributed by atoms with van der Waals surface area (Å²) in [6.07, 6.45) is 1.68. The van der Waals surface area contributed by atoms with Crippen LogP contribution in [0.2, 0.25) is 0 Å². The summed E-state index contributed by atoms with van der Waals surface area (Å²) in [7, 11) is 0. The van der Waals surface area contributed by atoms with Gasteiger partial charge in [-0.05, 0) is 32.9 Å². The second kappa shape index (κ2) is 6.90. The Hall–Kier alpha value is -1.33. The van der Waals surface area contributed by atoms with E-state index in [2.05, 4.69) is 49.1 Å². The second-order valence-electron chi connectivity index (χ2n) is 5.20. The molecular weight excluding hydrogens is 270 g/mol. The van der Waals surface area contributed by atoms with Crippen molar-refractivity contribution in [2.24, 2.45) is 0 Å². The summed E-state index contributed by atoms with van der Waals surface area (Å²) in [5, 5.41) is 14.3. The smallest absolute Gasteiger partial charge is 0.138 e. The lowest BCUT2D eigenvalue weighted by molar-refractivity contribution is 0.195. The van der Waals surface area contributed by atoms with E-state index in [0.29, 0.717) is 12.2 Å². The van der Waals surface area contributed by atoms with Gasteiger partial charge in [0.2, 0.25) is 0 Å². The normalized spacial score (nSPS) is 12.8. The molecule has 1 aromatic heterocycles. The molecule has 108 valence electrons. The largest absolute Gasteiger partial charge is 0.392 e. The first-order valence-electron chi connectivity index (χ1n) is 6.82. The van der Waals surface area contributed by atoms with Crippen molar-refractivity contribution >= 4 is 11.8 Å². The van der Waals surface area contributed by atoms with Crippen molar-refractivity contribution in [2.45, 2.75) is 44.2 Å². The highest BCUT2D eigenvalue weighted by Gasteiger charge is 2.13. The third-order valence-corrected chi connectivity index (χ3v) is 4.13. The summed E-state index contributed by atoms with van der Waals surface area (Å²) < 4.78 is 1.86. The molecule has 2 aromatic rings. The third kappa shape index (κ3) is 4.08. The molecule has 0 radical (unpaired) electrons. The Balaban J connectivity index is 1.89. The van der Waals surface area contributed by atoms with Gasteiger partial charge in [-0.1, -0.05) is 17.7 Å². The van der Waals surface area contributed by atoms with Crippen LogP contribution >= 0.6 is 11.8 Å². The van der Waals surface area contributed by atoms with Gasteiger partial charge >= 0.3 is 0 Å².